The number of carboxylic acid groups (broad SMARTS) is 1. The Labute approximate surface area is 434 Å². The average Bonchev–Trinajstić information content (AvgIpc) is 3.33. The normalized spacial score (nSPS) is 12.9. The predicted molar refractivity (Wildman–Crippen MR) is 296 cm³/mol. The molecule has 0 aliphatic heterocycles. The summed E-state index contributed by atoms with van der Waals surface area (Å²) in [5.74, 6) is -1.72. The van der Waals surface area contributed by atoms with E-state index in [1.807, 2.05) is 21.1 Å². The molecule has 2 unspecified atom stereocenters. The van der Waals surface area contributed by atoms with E-state index in [9.17, 15) is 19.5 Å². The molecule has 8 heteroatoms. The van der Waals surface area contributed by atoms with E-state index in [-0.39, 0.29) is 42.7 Å². The zero-order valence-corrected chi connectivity index (χ0v) is 47.2. The summed E-state index contributed by atoms with van der Waals surface area (Å²) in [4.78, 5) is 37.2. The molecule has 0 radical (unpaired) electrons. The van der Waals surface area contributed by atoms with Crippen LogP contribution in [-0.4, -0.2) is 75.5 Å². The molecule has 8 nitrogen and oxygen atoms in total. The Hall–Kier alpha value is -2.19. The van der Waals surface area contributed by atoms with Crippen molar-refractivity contribution in [1.29, 1.82) is 0 Å². The van der Waals surface area contributed by atoms with E-state index in [2.05, 4.69) is 38.2 Å². The van der Waals surface area contributed by atoms with Crippen molar-refractivity contribution in [3.8, 4) is 0 Å². The monoisotopic (exact) mass is 988 g/mol. The third kappa shape index (κ3) is 50.7. The van der Waals surface area contributed by atoms with Crippen LogP contribution in [0, 0.1) is 0 Å². The van der Waals surface area contributed by atoms with Crippen molar-refractivity contribution < 1.29 is 38.2 Å². The maximum Gasteiger partial charge on any atom is 0.306 e. The fraction of sp³-hybridized carbons (Fsp3) is 0.887. The standard InChI is InChI=1S/C62H117NO7/c1-6-8-10-12-14-16-18-20-22-24-26-28-30-32-34-36-38-40-42-44-46-48-50-52-60(64)69-57-58(56-68-55-54-59(62(66)67)63(3,4)5)70-61(65)53-51-49-47-45-43-41-39-37-35-33-31-29-27-25-23-21-19-17-15-13-11-9-7-2/h27,29,33,35,58-59H,6-26,28,30-32,34,36-57H2,1-5H3/b29-27+,35-33+. The van der Waals surface area contributed by atoms with Crippen LogP contribution >= 0.6 is 0 Å². The lowest BCUT2D eigenvalue weighted by Gasteiger charge is -2.34. The van der Waals surface area contributed by atoms with E-state index in [4.69, 9.17) is 14.2 Å². The minimum absolute atomic E-state index is 0.0423. The fourth-order valence-electron chi connectivity index (χ4n) is 9.40. The van der Waals surface area contributed by atoms with Gasteiger partial charge in [-0.1, -0.05) is 263 Å². The second-order valence-electron chi connectivity index (χ2n) is 21.9. The van der Waals surface area contributed by atoms with E-state index in [0.29, 0.717) is 12.8 Å². The Balaban J connectivity index is 4.12. The number of nitrogens with zero attached hydrogens (tertiary/aromatic N) is 1. The maximum absolute atomic E-state index is 12.8. The van der Waals surface area contributed by atoms with Crippen molar-refractivity contribution in [3.63, 3.8) is 0 Å². The number of esters is 2. The zero-order chi connectivity index (χ0) is 51.3. The van der Waals surface area contributed by atoms with Crippen LogP contribution in [0.4, 0.5) is 0 Å². The first kappa shape index (κ1) is 67.8. The lowest BCUT2D eigenvalue weighted by Crippen LogP contribution is -2.55. The molecule has 0 aromatic carbocycles. The first-order valence-corrected chi connectivity index (χ1v) is 30.4. The average molecular weight is 989 g/mol. The van der Waals surface area contributed by atoms with E-state index in [0.717, 1.165) is 51.4 Å². The molecule has 0 spiro atoms. The second kappa shape index (κ2) is 53.1. The van der Waals surface area contributed by atoms with Gasteiger partial charge in [0.15, 0.2) is 6.10 Å². The first-order chi connectivity index (χ1) is 34.1. The van der Waals surface area contributed by atoms with Crippen molar-refractivity contribution in [2.24, 2.45) is 0 Å². The van der Waals surface area contributed by atoms with Crippen LogP contribution in [0.25, 0.3) is 0 Å². The summed E-state index contributed by atoms with van der Waals surface area (Å²) in [6, 6.07) is -0.726. The van der Waals surface area contributed by atoms with Crippen LogP contribution in [0.15, 0.2) is 24.3 Å². The minimum atomic E-state index is -1.12. The maximum atomic E-state index is 12.8. The number of ether oxygens (including phenoxy) is 3. The molecule has 0 aliphatic rings. The molecule has 0 N–H and O–H groups in total. The summed E-state index contributed by atoms with van der Waals surface area (Å²) >= 11 is 0. The number of quaternary nitrogens is 1. The molecule has 0 aromatic heterocycles. The number of carboxylic acids is 1. The lowest BCUT2D eigenvalue weighted by molar-refractivity contribution is -0.889. The number of unbranched alkanes of at least 4 members (excludes halogenated alkanes) is 38. The molecule has 0 fully saturated rings. The van der Waals surface area contributed by atoms with Crippen molar-refractivity contribution in [3.05, 3.63) is 24.3 Å². The number of hydrogen-bond acceptors (Lipinski definition) is 7. The van der Waals surface area contributed by atoms with E-state index < -0.39 is 18.1 Å². The zero-order valence-electron chi connectivity index (χ0n) is 47.2. The molecule has 0 saturated carbocycles. The Morgan fingerprint density at radius 2 is 0.757 bits per heavy atom. The van der Waals surface area contributed by atoms with Gasteiger partial charge in [-0.05, 0) is 44.9 Å². The van der Waals surface area contributed by atoms with Gasteiger partial charge < -0.3 is 28.6 Å². The van der Waals surface area contributed by atoms with Crippen molar-refractivity contribution in [2.45, 2.75) is 315 Å². The van der Waals surface area contributed by atoms with Crippen LogP contribution in [0.2, 0.25) is 0 Å². The number of carbonyl (C=O) groups is 3. The highest BCUT2D eigenvalue weighted by Gasteiger charge is 2.25. The highest BCUT2D eigenvalue weighted by atomic mass is 16.6. The minimum Gasteiger partial charge on any atom is -0.544 e. The van der Waals surface area contributed by atoms with Crippen LogP contribution in [0.5, 0.6) is 0 Å². The number of allylic oxidation sites excluding steroid dienone is 4. The van der Waals surface area contributed by atoms with Gasteiger partial charge in [-0.15, -0.1) is 0 Å². The van der Waals surface area contributed by atoms with Gasteiger partial charge in [-0.25, -0.2) is 0 Å². The van der Waals surface area contributed by atoms with E-state index in [1.165, 1.54) is 218 Å². The first-order valence-electron chi connectivity index (χ1n) is 30.4. The van der Waals surface area contributed by atoms with Gasteiger partial charge in [0.25, 0.3) is 0 Å². The molecule has 70 heavy (non-hydrogen) atoms. The number of rotatable bonds is 56. The second-order valence-corrected chi connectivity index (χ2v) is 21.9. The number of aliphatic carboxylic acids is 1. The Morgan fingerprint density at radius 1 is 0.429 bits per heavy atom. The lowest BCUT2D eigenvalue weighted by atomic mass is 10.0. The molecule has 412 valence electrons. The summed E-state index contributed by atoms with van der Waals surface area (Å²) in [5, 5.41) is 11.7. The van der Waals surface area contributed by atoms with Crippen LogP contribution < -0.4 is 5.11 Å². The third-order valence-corrected chi connectivity index (χ3v) is 14.1. The van der Waals surface area contributed by atoms with Crippen molar-refractivity contribution in [2.75, 3.05) is 41.0 Å². The highest BCUT2D eigenvalue weighted by molar-refractivity contribution is 5.70. The molecule has 0 aliphatic carbocycles. The number of likely N-dealkylation sites (N-methyl/N-ethyl adjacent to an activating group) is 1. The highest BCUT2D eigenvalue weighted by Crippen LogP contribution is 2.18. The molecule has 0 rings (SSSR count). The van der Waals surface area contributed by atoms with Crippen LogP contribution in [0.3, 0.4) is 0 Å². The summed E-state index contributed by atoms with van der Waals surface area (Å²) in [7, 11) is 5.43. The predicted octanol–water partition coefficient (Wildman–Crippen LogP) is 17.0. The smallest absolute Gasteiger partial charge is 0.306 e. The molecule has 2 atom stereocenters. The summed E-state index contributed by atoms with van der Waals surface area (Å²) in [6.45, 7) is 4.72. The Kier molecular flexibility index (Phi) is 51.5. The molecular weight excluding hydrogens is 871 g/mol. The fourth-order valence-corrected chi connectivity index (χ4v) is 9.40. The quantitative estimate of drug-likeness (QED) is 0.0259. The SMILES string of the molecule is CCCCCCCCCCC/C=C/C/C=C/CCCCCCCCCC(=O)OC(COCCC(C(=O)[O-])[N+](C)(C)C)COC(=O)CCCCCCCCCCCCCCCCCCCCCCCCC. The van der Waals surface area contributed by atoms with Gasteiger partial charge >= 0.3 is 11.9 Å². The Morgan fingerprint density at radius 3 is 1.10 bits per heavy atom. The van der Waals surface area contributed by atoms with E-state index >= 15 is 0 Å². The number of carbonyl (C=O) groups excluding carboxylic acids is 3. The van der Waals surface area contributed by atoms with Gasteiger partial charge in [-0.3, -0.25) is 9.59 Å². The molecule has 0 heterocycles. The third-order valence-electron chi connectivity index (χ3n) is 14.1. The van der Waals surface area contributed by atoms with Gasteiger partial charge in [0.1, 0.15) is 12.6 Å². The van der Waals surface area contributed by atoms with Gasteiger partial charge in [0, 0.05) is 19.3 Å². The van der Waals surface area contributed by atoms with Crippen molar-refractivity contribution in [1.82, 2.24) is 0 Å². The molecule has 0 bridgehead atoms. The summed E-state index contributed by atoms with van der Waals surface area (Å²) < 4.78 is 17.3. The van der Waals surface area contributed by atoms with Crippen molar-refractivity contribution >= 4 is 17.9 Å². The Bertz CT molecular complexity index is 1200. The summed E-state index contributed by atoms with van der Waals surface area (Å²) in [5.41, 5.74) is 0. The largest absolute Gasteiger partial charge is 0.544 e. The van der Waals surface area contributed by atoms with Gasteiger partial charge in [0.05, 0.1) is 40.3 Å². The van der Waals surface area contributed by atoms with Crippen LogP contribution in [0.1, 0.15) is 303 Å². The molecular formula is C62H117NO7. The van der Waals surface area contributed by atoms with Crippen LogP contribution in [-0.2, 0) is 28.6 Å². The van der Waals surface area contributed by atoms with Gasteiger partial charge in [-0.2, -0.15) is 0 Å². The van der Waals surface area contributed by atoms with E-state index in [1.54, 1.807) is 0 Å². The summed E-state index contributed by atoms with van der Waals surface area (Å²) in [6.07, 6.45) is 63.7. The molecule has 0 amide bonds. The topological polar surface area (TPSA) is 102 Å². The molecule has 0 saturated heterocycles. The molecule has 0 aromatic rings. The van der Waals surface area contributed by atoms with Gasteiger partial charge in [0.2, 0.25) is 0 Å². The number of hydrogen-bond donors (Lipinski definition) is 0.